The van der Waals surface area contributed by atoms with Crippen LogP contribution in [0, 0.1) is 31.1 Å². The predicted molar refractivity (Wildman–Crippen MR) is 127 cm³/mol. The summed E-state index contributed by atoms with van der Waals surface area (Å²) in [5.74, 6) is 1.38. The van der Waals surface area contributed by atoms with Crippen LogP contribution in [0.4, 0.5) is 5.82 Å². The lowest BCUT2D eigenvalue weighted by molar-refractivity contribution is -0.119. The Morgan fingerprint density at radius 3 is 2.47 bits per heavy atom. The fraction of sp³-hybridized carbons (Fsp3) is 0.577. The maximum absolute atomic E-state index is 13.3. The number of aryl methyl sites for hydroxylation is 3. The van der Waals surface area contributed by atoms with Crippen LogP contribution in [-0.4, -0.2) is 27.6 Å². The van der Waals surface area contributed by atoms with E-state index in [1.807, 2.05) is 39.1 Å². The molecule has 2 atom stereocenters. The van der Waals surface area contributed by atoms with Crippen molar-refractivity contribution in [3.05, 3.63) is 46.6 Å². The summed E-state index contributed by atoms with van der Waals surface area (Å²) in [6.45, 7) is 10.9. The van der Waals surface area contributed by atoms with Crippen molar-refractivity contribution in [2.45, 2.75) is 72.3 Å². The van der Waals surface area contributed by atoms with Gasteiger partial charge in [-0.2, -0.15) is 5.10 Å². The molecule has 2 N–H and O–H groups in total. The molecule has 1 saturated carbocycles. The molecule has 2 heterocycles. The van der Waals surface area contributed by atoms with Gasteiger partial charge in [-0.05, 0) is 68.9 Å². The zero-order valence-electron chi connectivity index (χ0n) is 20.2. The van der Waals surface area contributed by atoms with Crippen LogP contribution in [0.25, 0.3) is 0 Å². The van der Waals surface area contributed by atoms with Gasteiger partial charge in [0.15, 0.2) is 0 Å². The molecule has 0 spiro atoms. The van der Waals surface area contributed by atoms with E-state index >= 15 is 0 Å². The van der Waals surface area contributed by atoms with Gasteiger partial charge in [-0.3, -0.25) is 14.3 Å². The number of carbonyl (C=O) groups is 2. The van der Waals surface area contributed by atoms with Crippen molar-refractivity contribution in [1.82, 2.24) is 15.1 Å². The van der Waals surface area contributed by atoms with Crippen molar-refractivity contribution >= 4 is 17.6 Å². The van der Waals surface area contributed by atoms with Crippen molar-refractivity contribution in [2.24, 2.45) is 24.3 Å². The average Bonchev–Trinajstić information content (AvgIpc) is 3.01. The lowest BCUT2D eigenvalue weighted by Gasteiger charge is -2.43. The van der Waals surface area contributed by atoms with Gasteiger partial charge in [-0.15, -0.1) is 0 Å². The Morgan fingerprint density at radius 2 is 1.84 bits per heavy atom. The average molecular weight is 437 g/mol. The van der Waals surface area contributed by atoms with Crippen LogP contribution in [-0.2, 0) is 11.8 Å². The van der Waals surface area contributed by atoms with Gasteiger partial charge in [0.25, 0.3) is 5.91 Å². The monoisotopic (exact) mass is 436 g/mol. The molecule has 0 bridgehead atoms. The zero-order valence-corrected chi connectivity index (χ0v) is 20.2. The van der Waals surface area contributed by atoms with Gasteiger partial charge in [0.05, 0.1) is 5.69 Å². The van der Waals surface area contributed by atoms with Crippen LogP contribution < -0.4 is 10.6 Å². The molecule has 0 radical (unpaired) electrons. The molecule has 0 unspecified atom stereocenters. The van der Waals surface area contributed by atoms with Crippen molar-refractivity contribution in [1.29, 1.82) is 0 Å². The molecule has 0 saturated heterocycles. The van der Waals surface area contributed by atoms with E-state index in [2.05, 4.69) is 36.5 Å². The van der Waals surface area contributed by atoms with Gasteiger partial charge in [-0.1, -0.05) is 38.5 Å². The number of nitrogens with one attached hydrogen (secondary N) is 2. The normalized spacial score (nSPS) is 25.8. The van der Waals surface area contributed by atoms with Crippen LogP contribution in [0.3, 0.4) is 0 Å². The van der Waals surface area contributed by atoms with Crippen LogP contribution in [0.2, 0.25) is 0 Å². The van der Waals surface area contributed by atoms with E-state index in [0.717, 1.165) is 48.3 Å². The predicted octanol–water partition coefficient (Wildman–Crippen LogP) is 4.72. The van der Waals surface area contributed by atoms with E-state index in [-0.39, 0.29) is 17.7 Å². The zero-order chi connectivity index (χ0) is 23.2. The maximum Gasteiger partial charge on any atom is 0.251 e. The topological polar surface area (TPSA) is 76.0 Å². The van der Waals surface area contributed by atoms with Crippen LogP contribution in [0.1, 0.15) is 79.6 Å². The summed E-state index contributed by atoms with van der Waals surface area (Å²) in [5, 5.41) is 10.7. The number of nitrogens with zero attached hydrogens (tertiary/aromatic N) is 2. The first-order valence-corrected chi connectivity index (χ1v) is 11.8. The van der Waals surface area contributed by atoms with Gasteiger partial charge >= 0.3 is 0 Å². The van der Waals surface area contributed by atoms with E-state index in [9.17, 15) is 9.59 Å². The highest BCUT2D eigenvalue weighted by atomic mass is 16.2. The summed E-state index contributed by atoms with van der Waals surface area (Å²) >= 11 is 0. The number of aromatic nitrogens is 2. The molecular formula is C26H36N4O2. The number of benzene rings is 1. The highest BCUT2D eigenvalue weighted by Crippen LogP contribution is 2.48. The maximum atomic E-state index is 13.3. The molecule has 1 fully saturated rings. The Labute approximate surface area is 191 Å². The third-order valence-electron chi connectivity index (χ3n) is 7.56. The van der Waals surface area contributed by atoms with Gasteiger partial charge in [0.1, 0.15) is 11.9 Å². The van der Waals surface area contributed by atoms with Crippen molar-refractivity contribution in [3.8, 4) is 0 Å². The fourth-order valence-corrected chi connectivity index (χ4v) is 5.76. The summed E-state index contributed by atoms with van der Waals surface area (Å²) < 4.78 is 1.76. The molecule has 6 nitrogen and oxygen atoms in total. The molecule has 2 aliphatic rings. The first kappa shape index (κ1) is 22.6. The molecule has 2 aromatic rings. The number of hydrogen-bond acceptors (Lipinski definition) is 3. The minimum Gasteiger partial charge on any atom is -0.340 e. The second-order valence-electron chi connectivity index (χ2n) is 10.8. The molecular weight excluding hydrogens is 400 g/mol. The number of carbonyl (C=O) groups excluding carboxylic acids is 2. The van der Waals surface area contributed by atoms with Crippen molar-refractivity contribution in [3.63, 3.8) is 0 Å². The van der Waals surface area contributed by atoms with E-state index in [4.69, 9.17) is 0 Å². The second kappa shape index (κ2) is 8.38. The largest absolute Gasteiger partial charge is 0.340 e. The molecule has 1 aromatic heterocycles. The van der Waals surface area contributed by atoms with Crippen molar-refractivity contribution in [2.75, 3.05) is 5.32 Å². The van der Waals surface area contributed by atoms with Gasteiger partial charge in [0, 0.05) is 24.1 Å². The summed E-state index contributed by atoms with van der Waals surface area (Å²) in [7, 11) is 1.87. The van der Waals surface area contributed by atoms with Crippen LogP contribution >= 0.6 is 0 Å². The Bertz CT molecular complexity index is 1020. The Hall–Kier alpha value is -2.63. The lowest BCUT2D eigenvalue weighted by atomic mass is 9.64. The Kier molecular flexibility index (Phi) is 5.91. The molecule has 1 aromatic carbocycles. The number of hydrogen-bond donors (Lipinski definition) is 2. The molecule has 32 heavy (non-hydrogen) atoms. The molecule has 6 heteroatoms. The lowest BCUT2D eigenvalue weighted by Crippen LogP contribution is -2.52. The van der Waals surface area contributed by atoms with Crippen LogP contribution in [0.15, 0.2) is 24.3 Å². The molecule has 1 aliphatic carbocycles. The van der Waals surface area contributed by atoms with E-state index in [0.29, 0.717) is 22.8 Å². The number of fused-ring (bicyclic) bond motifs is 1. The van der Waals surface area contributed by atoms with E-state index < -0.39 is 6.04 Å². The first-order chi connectivity index (χ1) is 15.1. The fourth-order valence-electron chi connectivity index (χ4n) is 5.76. The quantitative estimate of drug-likeness (QED) is 0.731. The highest BCUT2D eigenvalue weighted by molar-refractivity contribution is 6.03. The minimum atomic E-state index is -0.602. The summed E-state index contributed by atoms with van der Waals surface area (Å²) in [4.78, 5) is 26.4. The molecule has 4 rings (SSSR count). The highest BCUT2D eigenvalue weighted by Gasteiger charge is 2.45. The third-order valence-corrected chi connectivity index (χ3v) is 7.56. The number of anilines is 1. The number of amides is 2. The smallest absolute Gasteiger partial charge is 0.251 e. The van der Waals surface area contributed by atoms with Crippen LogP contribution in [0.5, 0.6) is 0 Å². The summed E-state index contributed by atoms with van der Waals surface area (Å²) in [6, 6.07) is 6.90. The molecule has 172 valence electrons. The Morgan fingerprint density at radius 1 is 1.16 bits per heavy atom. The second-order valence-corrected chi connectivity index (χ2v) is 10.8. The number of rotatable bonds is 3. The summed E-state index contributed by atoms with van der Waals surface area (Å²) in [6.07, 6.45) is 4.42. The molecule has 2 amide bonds. The van der Waals surface area contributed by atoms with Crippen molar-refractivity contribution < 1.29 is 9.59 Å². The first-order valence-electron chi connectivity index (χ1n) is 11.8. The third kappa shape index (κ3) is 4.19. The van der Waals surface area contributed by atoms with E-state index in [1.165, 1.54) is 0 Å². The Balaban J connectivity index is 1.66. The van der Waals surface area contributed by atoms with Gasteiger partial charge < -0.3 is 10.6 Å². The van der Waals surface area contributed by atoms with Gasteiger partial charge in [-0.25, -0.2) is 0 Å². The SMILES string of the molecule is Cc1cccc(C(=O)N[C@@H]2C(=O)Nc3c(c(C)nn3C)[C@H]2C2CCC(C(C)(C)C)CC2)c1. The summed E-state index contributed by atoms with van der Waals surface area (Å²) in [5.41, 5.74) is 3.92. The standard InChI is InChI=1S/C26H36N4O2/c1-15-8-7-9-18(14-15)24(31)27-22-21(17-10-12-19(13-11-17)26(3,4)5)20-16(2)29-30(6)23(20)28-25(22)32/h7-9,14,17,19,21-22H,10-13H2,1-6H3,(H,27,31)(H,28,32)/t17?,19?,21-,22+/m1/s1. The minimum absolute atomic E-state index is 0.0675. The van der Waals surface area contributed by atoms with Gasteiger partial charge in [0.2, 0.25) is 5.91 Å². The van der Waals surface area contributed by atoms with E-state index in [1.54, 1.807) is 10.7 Å². The molecule has 1 aliphatic heterocycles.